The van der Waals surface area contributed by atoms with Gasteiger partial charge in [-0.1, -0.05) is 29.4 Å². The Hall–Kier alpha value is -4.40. The molecule has 1 atom stereocenters. The molecular weight excluding hydrogens is 428 g/mol. The number of carbonyl (C=O) groups is 3. The van der Waals surface area contributed by atoms with Gasteiger partial charge < -0.3 is 19.1 Å². The topological polar surface area (TPSA) is 119 Å². The van der Waals surface area contributed by atoms with Gasteiger partial charge in [-0.25, -0.2) is 4.79 Å². The zero-order valence-electron chi connectivity index (χ0n) is 18.1. The molecule has 2 heterocycles. The molecule has 1 saturated heterocycles. The van der Waals surface area contributed by atoms with Crippen molar-refractivity contribution in [1.82, 2.24) is 5.16 Å². The monoisotopic (exact) mass is 448 g/mol. The second-order valence-corrected chi connectivity index (χ2v) is 7.31. The molecule has 1 amide bonds. The molecule has 2 aromatic carbocycles. The summed E-state index contributed by atoms with van der Waals surface area (Å²) in [5, 5.41) is 15.0. The summed E-state index contributed by atoms with van der Waals surface area (Å²) in [5.74, 6) is -1.59. The fourth-order valence-electron chi connectivity index (χ4n) is 3.70. The highest BCUT2D eigenvalue weighted by molar-refractivity contribution is 6.51. The van der Waals surface area contributed by atoms with Crippen LogP contribution in [-0.4, -0.2) is 42.1 Å². The van der Waals surface area contributed by atoms with Gasteiger partial charge in [0.2, 0.25) is 0 Å². The molecule has 33 heavy (non-hydrogen) atoms. The average molecular weight is 448 g/mol. The number of hydrogen-bond donors (Lipinski definition) is 1. The van der Waals surface area contributed by atoms with Crippen molar-refractivity contribution in [3.8, 4) is 5.75 Å². The number of aromatic nitrogens is 1. The van der Waals surface area contributed by atoms with Crippen LogP contribution in [0, 0.1) is 6.92 Å². The molecule has 0 saturated carbocycles. The van der Waals surface area contributed by atoms with E-state index in [9.17, 15) is 19.5 Å². The van der Waals surface area contributed by atoms with Crippen LogP contribution in [0.1, 0.15) is 33.3 Å². The Kier molecular flexibility index (Phi) is 5.70. The number of nitrogens with zero attached hydrogens (tertiary/aromatic N) is 2. The first kappa shape index (κ1) is 21.8. The minimum absolute atomic E-state index is 0.125. The third kappa shape index (κ3) is 3.84. The maximum absolute atomic E-state index is 13.1. The predicted molar refractivity (Wildman–Crippen MR) is 117 cm³/mol. The summed E-state index contributed by atoms with van der Waals surface area (Å²) >= 11 is 0. The number of carbonyl (C=O) groups excluding carboxylic acids is 3. The van der Waals surface area contributed by atoms with Gasteiger partial charge in [0.25, 0.3) is 5.78 Å². The van der Waals surface area contributed by atoms with E-state index >= 15 is 0 Å². The van der Waals surface area contributed by atoms with Crippen LogP contribution >= 0.6 is 0 Å². The number of aryl methyl sites for hydroxylation is 1. The molecule has 0 bridgehead atoms. The number of ketones is 1. The van der Waals surface area contributed by atoms with Gasteiger partial charge in [-0.15, -0.1) is 0 Å². The smallest absolute Gasteiger partial charge is 0.337 e. The van der Waals surface area contributed by atoms with Crippen LogP contribution < -0.4 is 9.64 Å². The molecule has 3 aromatic rings. The summed E-state index contributed by atoms with van der Waals surface area (Å²) in [6.07, 6.45) is 0. The number of Topliss-reactive ketones (excluding diaryl/α,β-unsaturated/α-hetero) is 1. The lowest BCUT2D eigenvalue weighted by Gasteiger charge is -2.23. The number of amides is 1. The third-order valence-corrected chi connectivity index (χ3v) is 5.30. The van der Waals surface area contributed by atoms with Crippen LogP contribution in [-0.2, 0) is 14.3 Å². The highest BCUT2D eigenvalue weighted by atomic mass is 16.5. The molecule has 1 aliphatic heterocycles. The molecule has 0 spiro atoms. The highest BCUT2D eigenvalue weighted by Crippen LogP contribution is 2.42. The van der Waals surface area contributed by atoms with E-state index in [4.69, 9.17) is 14.0 Å². The third-order valence-electron chi connectivity index (χ3n) is 5.30. The van der Waals surface area contributed by atoms with Crippen molar-refractivity contribution in [2.75, 3.05) is 19.1 Å². The molecule has 1 aliphatic rings. The summed E-state index contributed by atoms with van der Waals surface area (Å²) in [5.41, 5.74) is 0.954. The molecule has 1 fully saturated rings. The Morgan fingerprint density at radius 1 is 1.06 bits per heavy atom. The normalized spacial score (nSPS) is 17.3. The van der Waals surface area contributed by atoms with Crippen LogP contribution in [0.25, 0.3) is 5.76 Å². The first-order valence-electron chi connectivity index (χ1n) is 9.92. The van der Waals surface area contributed by atoms with E-state index in [1.54, 1.807) is 43.3 Å². The van der Waals surface area contributed by atoms with E-state index in [0.29, 0.717) is 28.2 Å². The average Bonchev–Trinajstić information content (AvgIpc) is 3.38. The number of aliphatic hydroxyl groups excluding tert-OH is 1. The molecule has 1 N–H and O–H groups in total. The lowest BCUT2D eigenvalue weighted by atomic mass is 9.94. The summed E-state index contributed by atoms with van der Waals surface area (Å²) < 4.78 is 15.0. The number of rotatable bonds is 5. The summed E-state index contributed by atoms with van der Waals surface area (Å²) in [7, 11) is 2.75. The zero-order valence-corrected chi connectivity index (χ0v) is 18.1. The van der Waals surface area contributed by atoms with Crippen LogP contribution in [0.2, 0.25) is 0 Å². The van der Waals surface area contributed by atoms with Gasteiger partial charge in [0, 0.05) is 11.6 Å². The van der Waals surface area contributed by atoms with Crippen molar-refractivity contribution >= 4 is 29.2 Å². The zero-order chi connectivity index (χ0) is 23.7. The molecule has 168 valence electrons. The molecular formula is C24H20N2O7. The van der Waals surface area contributed by atoms with Crippen molar-refractivity contribution in [2.45, 2.75) is 13.0 Å². The number of hydrogen-bond acceptors (Lipinski definition) is 8. The lowest BCUT2D eigenvalue weighted by Crippen LogP contribution is -2.29. The van der Waals surface area contributed by atoms with Gasteiger partial charge in [0.15, 0.2) is 5.82 Å². The Balaban J connectivity index is 1.91. The summed E-state index contributed by atoms with van der Waals surface area (Å²) in [6, 6.07) is 13.2. The van der Waals surface area contributed by atoms with E-state index in [-0.39, 0.29) is 17.2 Å². The van der Waals surface area contributed by atoms with Gasteiger partial charge in [0.1, 0.15) is 17.3 Å². The number of benzene rings is 2. The maximum atomic E-state index is 13.1. The molecule has 0 aliphatic carbocycles. The number of methoxy groups -OCH3 is 2. The Morgan fingerprint density at radius 2 is 1.79 bits per heavy atom. The van der Waals surface area contributed by atoms with Crippen molar-refractivity contribution in [3.05, 3.63) is 82.6 Å². The van der Waals surface area contributed by atoms with Gasteiger partial charge in [-0.2, -0.15) is 0 Å². The molecule has 9 nitrogen and oxygen atoms in total. The Labute approximate surface area is 188 Å². The molecule has 4 rings (SSSR count). The molecule has 1 aromatic heterocycles. The minimum Gasteiger partial charge on any atom is -0.507 e. The largest absolute Gasteiger partial charge is 0.507 e. The number of ether oxygens (including phenoxy) is 2. The highest BCUT2D eigenvalue weighted by Gasteiger charge is 2.48. The number of aliphatic hydroxyl groups is 1. The van der Waals surface area contributed by atoms with Crippen molar-refractivity contribution in [3.63, 3.8) is 0 Å². The lowest BCUT2D eigenvalue weighted by molar-refractivity contribution is -0.132. The fraction of sp³-hybridized carbons (Fsp3) is 0.167. The second-order valence-electron chi connectivity index (χ2n) is 7.31. The quantitative estimate of drug-likeness (QED) is 0.273. The van der Waals surface area contributed by atoms with Crippen molar-refractivity contribution in [1.29, 1.82) is 0 Å². The molecule has 0 radical (unpaired) electrons. The first-order valence-corrected chi connectivity index (χ1v) is 9.92. The van der Waals surface area contributed by atoms with Crippen LogP contribution in [0.5, 0.6) is 5.75 Å². The van der Waals surface area contributed by atoms with Crippen LogP contribution in [0.4, 0.5) is 5.82 Å². The first-order chi connectivity index (χ1) is 15.8. The predicted octanol–water partition coefficient (Wildman–Crippen LogP) is 3.40. The summed E-state index contributed by atoms with van der Waals surface area (Å²) in [6.45, 7) is 1.66. The molecule has 0 unspecified atom stereocenters. The van der Waals surface area contributed by atoms with Crippen molar-refractivity contribution < 1.29 is 33.5 Å². The van der Waals surface area contributed by atoms with Gasteiger partial charge in [-0.3, -0.25) is 14.5 Å². The Morgan fingerprint density at radius 3 is 2.39 bits per heavy atom. The van der Waals surface area contributed by atoms with E-state index < -0.39 is 23.7 Å². The fourth-order valence-corrected chi connectivity index (χ4v) is 3.70. The number of anilines is 1. The van der Waals surface area contributed by atoms with E-state index in [1.807, 2.05) is 0 Å². The standard InChI is InChI=1S/C24H20N2O7/c1-13-11-18(25-33-13)26-20(14-7-9-15(10-8-14)24(30)32-3)19(22(28)23(26)29)21(27)16-5-4-6-17(12-16)31-2/h4-12,20,27H,1-3H3/b21-19+/t20-/m0/s1. The molecule has 9 heteroatoms. The van der Waals surface area contributed by atoms with Gasteiger partial charge in [0.05, 0.1) is 31.4 Å². The minimum atomic E-state index is -1.01. The SMILES string of the molecule is COC(=O)c1ccc([C@H]2/C(=C(\O)c3cccc(OC)c3)C(=O)C(=O)N2c2cc(C)on2)cc1. The maximum Gasteiger partial charge on any atom is 0.337 e. The van der Waals surface area contributed by atoms with Crippen LogP contribution in [0.3, 0.4) is 0 Å². The Bertz CT molecular complexity index is 1270. The van der Waals surface area contributed by atoms with E-state index in [0.717, 1.165) is 4.90 Å². The van der Waals surface area contributed by atoms with E-state index in [1.165, 1.54) is 32.4 Å². The summed E-state index contributed by atoms with van der Waals surface area (Å²) in [4.78, 5) is 39.1. The van der Waals surface area contributed by atoms with Crippen LogP contribution in [0.15, 0.2) is 64.7 Å². The van der Waals surface area contributed by atoms with E-state index in [2.05, 4.69) is 5.16 Å². The second kappa shape index (κ2) is 8.62. The number of esters is 1. The van der Waals surface area contributed by atoms with Gasteiger partial charge >= 0.3 is 11.9 Å². The van der Waals surface area contributed by atoms with Crippen molar-refractivity contribution in [2.24, 2.45) is 0 Å². The van der Waals surface area contributed by atoms with Gasteiger partial charge in [-0.05, 0) is 36.8 Å².